The molecule has 0 aliphatic carbocycles. The minimum atomic E-state index is -1.30. The number of allylic oxidation sites excluding steroid dienone is 3. The van der Waals surface area contributed by atoms with E-state index in [0.29, 0.717) is 25.0 Å². The first-order chi connectivity index (χ1) is 29.9. The van der Waals surface area contributed by atoms with Gasteiger partial charge in [-0.25, -0.2) is 0 Å². The molecule has 3 aliphatic heterocycles. The summed E-state index contributed by atoms with van der Waals surface area (Å²) in [6, 6.07) is 8.59. The number of hydrogen-bond donors (Lipinski definition) is 3. The summed E-state index contributed by atoms with van der Waals surface area (Å²) in [5.41, 5.74) is 0.720. The molecule has 4 rings (SSSR count). The SMILES string of the molecule is CC[C@H]1OC(=O)C[C@@H](O)[C@H](C)[C@@H](O[C@@H]2O[C@H](C)[C@@H](O)[C@H](N(C)C)[C@H]2OC(C)=O)[C@@H](CCOc2ccccc2)C[C@@H](C)C(=O)/C=C/C(C)=C/[C@@H]1CO[C@@H]1O[C@H](C)[C@@H](O)[C@@H](OC)[C@H]1OC. The molecule has 3 N–H and O–H groups in total. The Morgan fingerprint density at radius 2 is 1.52 bits per heavy atom. The fraction of sp³-hybridized carbons (Fsp3) is 0.723. The standard InChI is InChI=1S/C47H73NO15/c1-12-37-33(25-58-46-45(56-11)44(55-10)41(54)30(6)59-46)22-26(2)18-19-35(50)27(3)23-32(20-21-57-34-16-14-13-15-17-34)42(28(4)36(51)24-38(52)62-37)63-47-43(61-31(7)49)39(48(8)9)40(53)29(5)60-47/h13-19,22,27-30,32-33,36-37,39-47,51,53-54H,12,20-21,23-25H2,1-11H3/b19-18+,26-22+/t27-,28+,29-,30-,32+,33-,36-,37-,39+,40-,41-,42-,43-,44-,45-,46-,47+/m1/s1. The molecule has 0 unspecified atom stereocenters. The number of ether oxygens (including phenoxy) is 9. The fourth-order valence-corrected chi connectivity index (χ4v) is 8.82. The number of aliphatic hydroxyl groups excluding tert-OH is 3. The first kappa shape index (κ1) is 52.3. The second kappa shape index (κ2) is 24.8. The van der Waals surface area contributed by atoms with Gasteiger partial charge < -0.3 is 62.9 Å². The van der Waals surface area contributed by atoms with Crippen LogP contribution in [-0.4, -0.2) is 159 Å². The number of para-hydroxylation sites is 1. The van der Waals surface area contributed by atoms with Gasteiger partial charge in [-0.2, -0.15) is 0 Å². The van der Waals surface area contributed by atoms with Crippen LogP contribution >= 0.6 is 0 Å². The molecule has 2 saturated heterocycles. The van der Waals surface area contributed by atoms with Crippen molar-refractivity contribution in [3.05, 3.63) is 54.1 Å². The topological polar surface area (TPSA) is 198 Å². The molecule has 17 atom stereocenters. The highest BCUT2D eigenvalue weighted by atomic mass is 16.7. The summed E-state index contributed by atoms with van der Waals surface area (Å²) in [6.45, 7) is 12.2. The Hall–Kier alpha value is -3.29. The normalized spacial score (nSPS) is 38.9. The molecular formula is C47H73NO15. The van der Waals surface area contributed by atoms with Crippen molar-refractivity contribution in [2.24, 2.45) is 23.7 Å². The Bertz CT molecular complexity index is 1640. The first-order valence-corrected chi connectivity index (χ1v) is 22.2. The van der Waals surface area contributed by atoms with Crippen LogP contribution in [0.3, 0.4) is 0 Å². The molecular weight excluding hydrogens is 819 g/mol. The number of hydrogen-bond acceptors (Lipinski definition) is 16. The van der Waals surface area contributed by atoms with Gasteiger partial charge in [0.1, 0.15) is 30.2 Å². The van der Waals surface area contributed by atoms with Crippen molar-refractivity contribution in [1.29, 1.82) is 0 Å². The van der Waals surface area contributed by atoms with Crippen molar-refractivity contribution in [3.63, 3.8) is 0 Å². The summed E-state index contributed by atoms with van der Waals surface area (Å²) >= 11 is 0. The molecule has 1 aromatic carbocycles. The van der Waals surface area contributed by atoms with Crippen LogP contribution in [0.4, 0.5) is 0 Å². The van der Waals surface area contributed by atoms with Gasteiger partial charge in [-0.3, -0.25) is 14.4 Å². The van der Waals surface area contributed by atoms with Crippen LogP contribution in [0, 0.1) is 23.7 Å². The third-order valence-corrected chi connectivity index (χ3v) is 12.5. The van der Waals surface area contributed by atoms with Gasteiger partial charge in [0.2, 0.25) is 0 Å². The maximum absolute atomic E-state index is 14.0. The molecule has 0 saturated carbocycles. The third kappa shape index (κ3) is 14.3. The lowest BCUT2D eigenvalue weighted by atomic mass is 9.79. The number of carbonyl (C=O) groups excluding carboxylic acids is 3. The number of methoxy groups -OCH3 is 2. The first-order valence-electron chi connectivity index (χ1n) is 22.2. The number of nitrogens with zero attached hydrogens (tertiary/aromatic N) is 1. The summed E-state index contributed by atoms with van der Waals surface area (Å²) in [5, 5.41) is 33.9. The molecule has 2 fully saturated rings. The van der Waals surface area contributed by atoms with Gasteiger partial charge in [0, 0.05) is 38.9 Å². The monoisotopic (exact) mass is 891 g/mol. The Morgan fingerprint density at radius 3 is 2.14 bits per heavy atom. The highest BCUT2D eigenvalue weighted by Crippen LogP contribution is 2.36. The van der Waals surface area contributed by atoms with Crippen LogP contribution in [0.5, 0.6) is 5.75 Å². The molecule has 0 bridgehead atoms. The zero-order valence-electron chi connectivity index (χ0n) is 38.9. The van der Waals surface area contributed by atoms with E-state index in [1.165, 1.54) is 27.2 Å². The van der Waals surface area contributed by atoms with Gasteiger partial charge in [0.05, 0.1) is 56.2 Å². The van der Waals surface area contributed by atoms with Crippen LogP contribution in [0.1, 0.15) is 74.1 Å². The lowest BCUT2D eigenvalue weighted by Gasteiger charge is -2.47. The smallest absolute Gasteiger partial charge is 0.308 e. The Kier molecular flexibility index (Phi) is 20.6. The van der Waals surface area contributed by atoms with E-state index in [1.807, 2.05) is 57.2 Å². The molecule has 1 aromatic rings. The highest BCUT2D eigenvalue weighted by molar-refractivity contribution is 5.91. The number of aliphatic hydroxyl groups is 3. The van der Waals surface area contributed by atoms with Gasteiger partial charge >= 0.3 is 11.9 Å². The van der Waals surface area contributed by atoms with Crippen LogP contribution in [0.15, 0.2) is 54.1 Å². The Morgan fingerprint density at radius 1 is 0.873 bits per heavy atom. The molecule has 16 nitrogen and oxygen atoms in total. The number of benzene rings is 1. The quantitative estimate of drug-likeness (QED) is 0.226. The van der Waals surface area contributed by atoms with Crippen LogP contribution in [0.25, 0.3) is 0 Å². The molecule has 0 radical (unpaired) electrons. The molecule has 3 heterocycles. The van der Waals surface area contributed by atoms with Crippen molar-refractivity contribution >= 4 is 17.7 Å². The van der Waals surface area contributed by atoms with Gasteiger partial charge in [-0.15, -0.1) is 0 Å². The van der Waals surface area contributed by atoms with Crippen molar-refractivity contribution in [3.8, 4) is 5.75 Å². The zero-order chi connectivity index (χ0) is 46.5. The number of likely N-dealkylation sites (N-methyl/N-ethyl adjacent to an activating group) is 1. The van der Waals surface area contributed by atoms with E-state index in [4.69, 9.17) is 42.6 Å². The average molecular weight is 892 g/mol. The molecule has 63 heavy (non-hydrogen) atoms. The molecule has 0 amide bonds. The Balaban J connectivity index is 1.72. The molecule has 16 heteroatoms. The summed E-state index contributed by atoms with van der Waals surface area (Å²) in [5.74, 6) is -3.03. The van der Waals surface area contributed by atoms with Crippen molar-refractivity contribution in [2.45, 2.75) is 154 Å². The minimum absolute atomic E-state index is 0.0125. The Labute approximate surface area is 373 Å². The summed E-state index contributed by atoms with van der Waals surface area (Å²) < 4.78 is 54.7. The summed E-state index contributed by atoms with van der Waals surface area (Å²) in [6.07, 6.45) is -5.14. The minimum Gasteiger partial charge on any atom is -0.494 e. The van der Waals surface area contributed by atoms with E-state index in [-0.39, 0.29) is 19.0 Å². The van der Waals surface area contributed by atoms with Crippen molar-refractivity contribution in [2.75, 3.05) is 41.5 Å². The largest absolute Gasteiger partial charge is 0.494 e. The average Bonchev–Trinajstić information content (AvgIpc) is 3.24. The highest BCUT2D eigenvalue weighted by Gasteiger charge is 2.50. The molecule has 0 aromatic heterocycles. The lowest BCUT2D eigenvalue weighted by Crippen LogP contribution is -2.64. The maximum Gasteiger partial charge on any atom is 0.308 e. The molecule has 356 valence electrons. The van der Waals surface area contributed by atoms with E-state index in [0.717, 1.165) is 5.57 Å². The molecule has 0 spiro atoms. The number of carbonyl (C=O) groups is 3. The zero-order valence-corrected chi connectivity index (χ0v) is 38.9. The van der Waals surface area contributed by atoms with Gasteiger partial charge in [0.25, 0.3) is 0 Å². The van der Waals surface area contributed by atoms with Gasteiger partial charge in [0.15, 0.2) is 24.5 Å². The van der Waals surface area contributed by atoms with E-state index in [1.54, 1.807) is 45.8 Å². The second-order valence-corrected chi connectivity index (χ2v) is 17.5. The number of cyclic esters (lactones) is 1. The fourth-order valence-electron chi connectivity index (χ4n) is 8.82. The summed E-state index contributed by atoms with van der Waals surface area (Å²) in [4.78, 5) is 42.1. The molecule has 3 aliphatic rings. The van der Waals surface area contributed by atoms with E-state index in [9.17, 15) is 29.7 Å². The van der Waals surface area contributed by atoms with Gasteiger partial charge in [-0.05, 0) is 78.3 Å². The van der Waals surface area contributed by atoms with Crippen molar-refractivity contribution in [1.82, 2.24) is 4.90 Å². The van der Waals surface area contributed by atoms with Crippen LogP contribution in [0.2, 0.25) is 0 Å². The van der Waals surface area contributed by atoms with Crippen LogP contribution in [-0.2, 0) is 52.3 Å². The number of rotatable bonds is 14. The van der Waals surface area contributed by atoms with Crippen LogP contribution < -0.4 is 4.74 Å². The van der Waals surface area contributed by atoms with Crippen molar-refractivity contribution < 1.29 is 72.3 Å². The number of esters is 2. The maximum atomic E-state index is 14.0. The van der Waals surface area contributed by atoms with E-state index >= 15 is 0 Å². The summed E-state index contributed by atoms with van der Waals surface area (Å²) in [7, 11) is 6.47. The van der Waals surface area contributed by atoms with E-state index in [2.05, 4.69) is 0 Å². The van der Waals surface area contributed by atoms with E-state index < -0.39 is 122 Å². The second-order valence-electron chi connectivity index (χ2n) is 17.5. The number of ketones is 1. The predicted molar refractivity (Wildman–Crippen MR) is 231 cm³/mol. The third-order valence-electron chi connectivity index (χ3n) is 12.5. The van der Waals surface area contributed by atoms with Gasteiger partial charge in [-0.1, -0.05) is 56.7 Å². The lowest BCUT2D eigenvalue weighted by molar-refractivity contribution is -0.307. The predicted octanol–water partition coefficient (Wildman–Crippen LogP) is 4.01.